The van der Waals surface area contributed by atoms with Gasteiger partial charge < -0.3 is 0 Å². The number of aromatic nitrogens is 4. The third-order valence-electron chi connectivity index (χ3n) is 1.58. The van der Waals surface area contributed by atoms with Crippen molar-refractivity contribution in [1.82, 2.24) is 19.5 Å². The van der Waals surface area contributed by atoms with Crippen LogP contribution >= 0.6 is 11.6 Å². The van der Waals surface area contributed by atoms with Crippen molar-refractivity contribution in [2.45, 2.75) is 5.88 Å². The van der Waals surface area contributed by atoms with E-state index in [0.717, 1.165) is 11.5 Å². The minimum absolute atomic E-state index is 0.371. The topological polar surface area (TPSA) is 43.6 Å². The van der Waals surface area contributed by atoms with E-state index in [0.29, 0.717) is 5.88 Å². The first-order valence-corrected chi connectivity index (χ1v) is 4.29. The summed E-state index contributed by atoms with van der Waals surface area (Å²) in [5.41, 5.74) is 0.757. The predicted octanol–water partition coefficient (Wildman–Crippen LogP) is 1.40. The van der Waals surface area contributed by atoms with Crippen LogP contribution in [0.4, 0.5) is 0 Å². The molecule has 2 aromatic heterocycles. The highest BCUT2D eigenvalue weighted by molar-refractivity contribution is 6.16. The third kappa shape index (κ3) is 1.67. The quantitative estimate of drug-likeness (QED) is 0.679. The fraction of sp³-hybridized carbons (Fsp3) is 0.125. The van der Waals surface area contributed by atoms with Gasteiger partial charge in [0, 0.05) is 18.6 Å². The zero-order valence-corrected chi connectivity index (χ0v) is 7.52. The molecule has 0 saturated heterocycles. The maximum absolute atomic E-state index is 5.63. The molecule has 4 nitrogen and oxygen atoms in total. The summed E-state index contributed by atoms with van der Waals surface area (Å²) in [6.07, 6.45) is 8.48. The van der Waals surface area contributed by atoms with E-state index in [1.165, 1.54) is 0 Å². The normalized spacial score (nSPS) is 10.2. The monoisotopic (exact) mass is 194 g/mol. The predicted molar refractivity (Wildman–Crippen MR) is 48.7 cm³/mol. The van der Waals surface area contributed by atoms with Gasteiger partial charge in [-0.25, -0.2) is 9.97 Å². The highest BCUT2D eigenvalue weighted by Gasteiger charge is 1.98. The molecule has 2 aromatic rings. The van der Waals surface area contributed by atoms with E-state index in [4.69, 9.17) is 11.6 Å². The number of imidazole rings is 1. The Labute approximate surface area is 80.2 Å². The molecule has 0 radical (unpaired) electrons. The van der Waals surface area contributed by atoms with Crippen molar-refractivity contribution in [2.24, 2.45) is 0 Å². The van der Waals surface area contributed by atoms with Crippen LogP contribution in [0.25, 0.3) is 5.82 Å². The molecule has 0 spiro atoms. The molecule has 0 amide bonds. The first kappa shape index (κ1) is 8.19. The SMILES string of the molecule is ClCc1cncc(-n2ccnc2)n1. The van der Waals surface area contributed by atoms with E-state index >= 15 is 0 Å². The number of hydrogen-bond acceptors (Lipinski definition) is 3. The molecule has 2 heterocycles. The van der Waals surface area contributed by atoms with Crippen LogP contribution in [0.15, 0.2) is 31.1 Å². The minimum atomic E-state index is 0.371. The van der Waals surface area contributed by atoms with Crippen LogP contribution in [0.3, 0.4) is 0 Å². The molecule has 0 aliphatic heterocycles. The van der Waals surface area contributed by atoms with Gasteiger partial charge in [-0.1, -0.05) is 0 Å². The summed E-state index contributed by atoms with van der Waals surface area (Å²) in [5.74, 6) is 1.10. The minimum Gasteiger partial charge on any atom is -0.289 e. The van der Waals surface area contributed by atoms with E-state index in [2.05, 4.69) is 15.0 Å². The lowest BCUT2D eigenvalue weighted by atomic mass is 10.5. The highest BCUT2D eigenvalue weighted by atomic mass is 35.5. The number of alkyl halides is 1. The van der Waals surface area contributed by atoms with Crippen molar-refractivity contribution in [1.29, 1.82) is 0 Å². The molecule has 0 unspecified atom stereocenters. The van der Waals surface area contributed by atoms with Gasteiger partial charge in [-0.05, 0) is 0 Å². The molecule has 0 fully saturated rings. The number of rotatable bonds is 2. The number of hydrogen-bond donors (Lipinski definition) is 0. The van der Waals surface area contributed by atoms with Crippen molar-refractivity contribution in [3.8, 4) is 5.82 Å². The summed E-state index contributed by atoms with van der Waals surface area (Å²) in [4.78, 5) is 12.2. The van der Waals surface area contributed by atoms with Crippen LogP contribution in [-0.2, 0) is 5.88 Å². The van der Waals surface area contributed by atoms with Gasteiger partial charge in [0.25, 0.3) is 0 Å². The Morgan fingerprint density at radius 2 is 2.23 bits per heavy atom. The molecule has 0 bridgehead atoms. The Morgan fingerprint density at radius 3 is 2.92 bits per heavy atom. The molecule has 5 heteroatoms. The average Bonchev–Trinajstić information content (AvgIpc) is 2.71. The van der Waals surface area contributed by atoms with Crippen LogP contribution in [0.2, 0.25) is 0 Å². The van der Waals surface area contributed by atoms with E-state index in [1.54, 1.807) is 29.5 Å². The Morgan fingerprint density at radius 1 is 1.31 bits per heavy atom. The molecule has 0 aliphatic rings. The second-order valence-electron chi connectivity index (χ2n) is 2.47. The second-order valence-corrected chi connectivity index (χ2v) is 2.74. The van der Waals surface area contributed by atoms with Gasteiger partial charge in [0.15, 0.2) is 5.82 Å². The first-order chi connectivity index (χ1) is 6.40. The Kier molecular flexibility index (Phi) is 2.23. The van der Waals surface area contributed by atoms with E-state index in [1.807, 2.05) is 6.20 Å². The van der Waals surface area contributed by atoms with Crippen LogP contribution < -0.4 is 0 Å². The van der Waals surface area contributed by atoms with Crippen LogP contribution in [0.5, 0.6) is 0 Å². The van der Waals surface area contributed by atoms with E-state index in [9.17, 15) is 0 Å². The van der Waals surface area contributed by atoms with E-state index in [-0.39, 0.29) is 0 Å². The maximum atomic E-state index is 5.63. The average molecular weight is 195 g/mol. The fourth-order valence-electron chi connectivity index (χ4n) is 0.978. The van der Waals surface area contributed by atoms with Crippen molar-refractivity contribution in [3.05, 3.63) is 36.8 Å². The standard InChI is InChI=1S/C8H7ClN4/c9-3-7-4-11-5-8(12-7)13-2-1-10-6-13/h1-2,4-6H,3H2. The molecule has 0 aromatic carbocycles. The van der Waals surface area contributed by atoms with Gasteiger partial charge in [0.05, 0.1) is 17.8 Å². The summed E-state index contributed by atoms with van der Waals surface area (Å²) < 4.78 is 1.78. The zero-order chi connectivity index (χ0) is 9.10. The summed E-state index contributed by atoms with van der Waals surface area (Å²) in [5, 5.41) is 0. The van der Waals surface area contributed by atoms with Crippen molar-refractivity contribution in [2.75, 3.05) is 0 Å². The van der Waals surface area contributed by atoms with Crippen LogP contribution in [0.1, 0.15) is 5.69 Å². The molecule has 2 rings (SSSR count). The lowest BCUT2D eigenvalue weighted by Crippen LogP contribution is -1.98. The largest absolute Gasteiger partial charge is 0.289 e. The smallest absolute Gasteiger partial charge is 0.156 e. The first-order valence-electron chi connectivity index (χ1n) is 3.75. The molecule has 0 aliphatic carbocycles. The lowest BCUT2D eigenvalue weighted by molar-refractivity contribution is 0.944. The van der Waals surface area contributed by atoms with Gasteiger partial charge in [-0.15, -0.1) is 11.6 Å². The van der Waals surface area contributed by atoms with Crippen molar-refractivity contribution < 1.29 is 0 Å². The molecule has 0 saturated carbocycles. The zero-order valence-electron chi connectivity index (χ0n) is 6.76. The molecule has 13 heavy (non-hydrogen) atoms. The number of halogens is 1. The summed E-state index contributed by atoms with van der Waals surface area (Å²) >= 11 is 5.63. The molecule has 0 N–H and O–H groups in total. The van der Waals surface area contributed by atoms with Gasteiger partial charge in [-0.2, -0.15) is 0 Å². The van der Waals surface area contributed by atoms with Gasteiger partial charge >= 0.3 is 0 Å². The van der Waals surface area contributed by atoms with Gasteiger partial charge in [0.2, 0.25) is 0 Å². The van der Waals surface area contributed by atoms with Crippen LogP contribution in [-0.4, -0.2) is 19.5 Å². The van der Waals surface area contributed by atoms with E-state index < -0.39 is 0 Å². The molecule has 0 atom stereocenters. The third-order valence-corrected chi connectivity index (χ3v) is 1.85. The summed E-state index contributed by atoms with van der Waals surface area (Å²) in [7, 11) is 0. The maximum Gasteiger partial charge on any atom is 0.156 e. The van der Waals surface area contributed by atoms with Crippen molar-refractivity contribution >= 4 is 11.6 Å². The molecular formula is C8H7ClN4. The van der Waals surface area contributed by atoms with Crippen molar-refractivity contribution in [3.63, 3.8) is 0 Å². The van der Waals surface area contributed by atoms with Gasteiger partial charge in [0.1, 0.15) is 6.33 Å². The Bertz CT molecular complexity index is 385. The second kappa shape index (κ2) is 3.53. The molecule has 66 valence electrons. The fourth-order valence-corrected chi connectivity index (χ4v) is 1.11. The molecular weight excluding hydrogens is 188 g/mol. The Hall–Kier alpha value is -1.42. The lowest BCUT2D eigenvalue weighted by Gasteiger charge is -2.00. The number of nitrogens with zero attached hydrogens (tertiary/aromatic N) is 4. The Balaban J connectivity index is 2.41. The highest BCUT2D eigenvalue weighted by Crippen LogP contribution is 2.04. The van der Waals surface area contributed by atoms with Gasteiger partial charge in [-0.3, -0.25) is 9.55 Å². The van der Waals surface area contributed by atoms with Crippen LogP contribution in [0, 0.1) is 0 Å². The summed E-state index contributed by atoms with van der Waals surface area (Å²) in [6, 6.07) is 0. The summed E-state index contributed by atoms with van der Waals surface area (Å²) in [6.45, 7) is 0.